The number of methoxy groups -OCH3 is 1. The van der Waals surface area contributed by atoms with Gasteiger partial charge in [0, 0.05) is 29.6 Å². The first-order chi connectivity index (χ1) is 12.6. The van der Waals surface area contributed by atoms with E-state index in [1.54, 1.807) is 7.11 Å². The Kier molecular flexibility index (Phi) is 4.39. The number of rotatable bonds is 4. The number of aromatic nitrogens is 4. The molecule has 0 atom stereocenters. The molecule has 0 aromatic carbocycles. The van der Waals surface area contributed by atoms with Crippen LogP contribution in [0.25, 0.3) is 22.2 Å². The lowest BCUT2D eigenvalue weighted by molar-refractivity contribution is 0.393. The van der Waals surface area contributed by atoms with Crippen LogP contribution in [0.5, 0.6) is 5.88 Å². The molecule has 0 fully saturated rings. The number of hydrogen-bond donors (Lipinski definition) is 0. The molecule has 4 aromatic heterocycles. The molecular formula is C19H17IN4O2. The van der Waals surface area contributed by atoms with E-state index in [2.05, 4.69) is 54.5 Å². The number of halogens is 1. The van der Waals surface area contributed by atoms with E-state index < -0.39 is 0 Å². The van der Waals surface area contributed by atoms with Crippen LogP contribution in [-0.2, 0) is 6.54 Å². The summed E-state index contributed by atoms with van der Waals surface area (Å²) in [6.45, 7) is 4.50. The van der Waals surface area contributed by atoms with E-state index in [4.69, 9.17) is 9.26 Å². The predicted molar refractivity (Wildman–Crippen MR) is 107 cm³/mol. The number of nitrogens with zero attached hydrogens (tertiary/aromatic N) is 4. The van der Waals surface area contributed by atoms with Crippen molar-refractivity contribution in [2.45, 2.75) is 20.4 Å². The molecule has 132 valence electrons. The molecule has 0 amide bonds. The zero-order chi connectivity index (χ0) is 18.3. The molecule has 0 spiro atoms. The molecule has 7 heteroatoms. The summed E-state index contributed by atoms with van der Waals surface area (Å²) < 4.78 is 13.8. The summed E-state index contributed by atoms with van der Waals surface area (Å²) in [6.07, 6.45) is 3.97. The maximum absolute atomic E-state index is 5.31. The maximum atomic E-state index is 5.31. The second-order valence-electron chi connectivity index (χ2n) is 6.07. The Balaban J connectivity index is 1.81. The highest BCUT2D eigenvalue weighted by Gasteiger charge is 2.15. The third-order valence-electron chi connectivity index (χ3n) is 4.32. The SMILES string of the molecule is COc1cccc(Cn2cc(I)c3ncc(-c4c(C)noc4C)cc32)n1. The molecule has 0 unspecified atom stereocenters. The molecule has 0 saturated heterocycles. The summed E-state index contributed by atoms with van der Waals surface area (Å²) >= 11 is 2.32. The number of ether oxygens (including phenoxy) is 1. The Hall–Kier alpha value is -2.42. The van der Waals surface area contributed by atoms with E-state index in [0.29, 0.717) is 12.4 Å². The van der Waals surface area contributed by atoms with Crippen molar-refractivity contribution in [1.29, 1.82) is 0 Å². The fourth-order valence-electron chi connectivity index (χ4n) is 3.12. The van der Waals surface area contributed by atoms with E-state index in [1.807, 2.05) is 38.2 Å². The van der Waals surface area contributed by atoms with E-state index in [-0.39, 0.29) is 0 Å². The van der Waals surface area contributed by atoms with E-state index >= 15 is 0 Å². The van der Waals surface area contributed by atoms with Crippen molar-refractivity contribution in [3.05, 3.63) is 57.4 Å². The topological polar surface area (TPSA) is 66.0 Å². The van der Waals surface area contributed by atoms with E-state index in [9.17, 15) is 0 Å². The Morgan fingerprint density at radius 1 is 1.27 bits per heavy atom. The molecule has 0 N–H and O–H groups in total. The lowest BCUT2D eigenvalue weighted by Crippen LogP contribution is -2.01. The lowest BCUT2D eigenvalue weighted by Gasteiger charge is -2.07. The Morgan fingerprint density at radius 2 is 2.12 bits per heavy atom. The van der Waals surface area contributed by atoms with Crippen LogP contribution in [0, 0.1) is 17.4 Å². The van der Waals surface area contributed by atoms with E-state index in [0.717, 1.165) is 42.9 Å². The van der Waals surface area contributed by atoms with Crippen LogP contribution in [-0.4, -0.2) is 26.8 Å². The van der Waals surface area contributed by atoms with Crippen LogP contribution < -0.4 is 4.74 Å². The Bertz CT molecular complexity index is 1080. The van der Waals surface area contributed by atoms with Crippen LogP contribution in [0.4, 0.5) is 0 Å². The second-order valence-corrected chi connectivity index (χ2v) is 7.23. The molecule has 4 rings (SSSR count). The van der Waals surface area contributed by atoms with Gasteiger partial charge in [0.25, 0.3) is 0 Å². The standard InChI is InChI=1S/C19H17IN4O2/c1-11-18(12(2)26-23-11)13-7-16-19(21-8-13)15(20)10-24(16)9-14-5-4-6-17(22-14)25-3/h4-8,10H,9H2,1-3H3. The van der Waals surface area contributed by atoms with Gasteiger partial charge in [-0.2, -0.15) is 0 Å². The van der Waals surface area contributed by atoms with Crippen molar-refractivity contribution < 1.29 is 9.26 Å². The highest BCUT2D eigenvalue weighted by Crippen LogP contribution is 2.30. The van der Waals surface area contributed by atoms with Crippen molar-refractivity contribution >= 4 is 33.6 Å². The zero-order valence-electron chi connectivity index (χ0n) is 14.7. The quantitative estimate of drug-likeness (QED) is 0.424. The van der Waals surface area contributed by atoms with Crippen molar-refractivity contribution in [3.63, 3.8) is 0 Å². The highest BCUT2D eigenvalue weighted by molar-refractivity contribution is 14.1. The molecular weight excluding hydrogens is 443 g/mol. The number of fused-ring (bicyclic) bond motifs is 1. The number of aryl methyl sites for hydroxylation is 2. The highest BCUT2D eigenvalue weighted by atomic mass is 127. The smallest absolute Gasteiger partial charge is 0.213 e. The number of pyridine rings is 2. The third kappa shape index (κ3) is 2.96. The van der Waals surface area contributed by atoms with Crippen molar-refractivity contribution in [2.24, 2.45) is 0 Å². The van der Waals surface area contributed by atoms with Gasteiger partial charge in [0.1, 0.15) is 11.3 Å². The van der Waals surface area contributed by atoms with Gasteiger partial charge in [-0.1, -0.05) is 11.2 Å². The minimum absolute atomic E-state index is 0.614. The molecule has 0 aliphatic heterocycles. The van der Waals surface area contributed by atoms with Gasteiger partial charge in [0.05, 0.1) is 34.1 Å². The van der Waals surface area contributed by atoms with Crippen molar-refractivity contribution in [2.75, 3.05) is 7.11 Å². The van der Waals surface area contributed by atoms with Crippen LogP contribution in [0.15, 0.2) is 41.2 Å². The molecule has 26 heavy (non-hydrogen) atoms. The van der Waals surface area contributed by atoms with E-state index in [1.165, 1.54) is 0 Å². The predicted octanol–water partition coefficient (Wildman–Crippen LogP) is 4.36. The molecule has 0 saturated carbocycles. The first-order valence-corrected chi connectivity index (χ1v) is 9.22. The first-order valence-electron chi connectivity index (χ1n) is 8.14. The minimum Gasteiger partial charge on any atom is -0.481 e. The van der Waals surface area contributed by atoms with Gasteiger partial charge < -0.3 is 13.8 Å². The summed E-state index contributed by atoms with van der Waals surface area (Å²) in [5, 5.41) is 4.05. The molecule has 4 aromatic rings. The van der Waals surface area contributed by atoms with Gasteiger partial charge >= 0.3 is 0 Å². The zero-order valence-corrected chi connectivity index (χ0v) is 16.8. The van der Waals surface area contributed by atoms with Gasteiger partial charge in [-0.05, 0) is 48.6 Å². The van der Waals surface area contributed by atoms with Crippen LogP contribution in [0.2, 0.25) is 0 Å². The van der Waals surface area contributed by atoms with Gasteiger partial charge in [-0.3, -0.25) is 4.98 Å². The fraction of sp³-hybridized carbons (Fsp3) is 0.211. The fourth-order valence-corrected chi connectivity index (χ4v) is 3.87. The normalized spacial score (nSPS) is 11.2. The van der Waals surface area contributed by atoms with Crippen molar-refractivity contribution in [3.8, 4) is 17.0 Å². The minimum atomic E-state index is 0.614. The van der Waals surface area contributed by atoms with Gasteiger partial charge in [-0.25, -0.2) is 4.98 Å². The monoisotopic (exact) mass is 460 g/mol. The lowest BCUT2D eigenvalue weighted by atomic mass is 10.1. The van der Waals surface area contributed by atoms with Crippen LogP contribution in [0.3, 0.4) is 0 Å². The summed E-state index contributed by atoms with van der Waals surface area (Å²) in [6, 6.07) is 7.92. The summed E-state index contributed by atoms with van der Waals surface area (Å²) in [4.78, 5) is 9.18. The van der Waals surface area contributed by atoms with Crippen LogP contribution in [0.1, 0.15) is 17.1 Å². The van der Waals surface area contributed by atoms with Gasteiger partial charge in [0.2, 0.25) is 5.88 Å². The molecule has 6 nitrogen and oxygen atoms in total. The summed E-state index contributed by atoms with van der Waals surface area (Å²) in [5.74, 6) is 1.41. The summed E-state index contributed by atoms with van der Waals surface area (Å²) in [7, 11) is 1.62. The third-order valence-corrected chi connectivity index (χ3v) is 5.11. The number of hydrogen-bond acceptors (Lipinski definition) is 5. The van der Waals surface area contributed by atoms with Crippen LogP contribution >= 0.6 is 22.6 Å². The van der Waals surface area contributed by atoms with Gasteiger partial charge in [0.15, 0.2) is 0 Å². The molecule has 0 radical (unpaired) electrons. The second kappa shape index (κ2) is 6.71. The Morgan fingerprint density at radius 3 is 2.85 bits per heavy atom. The maximum Gasteiger partial charge on any atom is 0.213 e. The molecule has 0 aliphatic carbocycles. The average molecular weight is 460 g/mol. The Labute approximate surface area is 164 Å². The van der Waals surface area contributed by atoms with Gasteiger partial charge in [-0.15, -0.1) is 0 Å². The van der Waals surface area contributed by atoms with Crippen molar-refractivity contribution in [1.82, 2.24) is 19.7 Å². The first kappa shape index (κ1) is 17.0. The average Bonchev–Trinajstić information content (AvgIpc) is 3.14. The largest absolute Gasteiger partial charge is 0.481 e. The molecule has 0 bridgehead atoms. The summed E-state index contributed by atoms with van der Waals surface area (Å²) in [5.41, 5.74) is 5.83. The molecule has 4 heterocycles. The molecule has 0 aliphatic rings.